The molecule has 0 saturated carbocycles. The van der Waals surface area contributed by atoms with Gasteiger partial charge in [-0.25, -0.2) is 4.79 Å². The number of hydrogen-bond donors (Lipinski definition) is 0. The average Bonchev–Trinajstić information content (AvgIpc) is 2.39. The van der Waals surface area contributed by atoms with Gasteiger partial charge in [0.1, 0.15) is 0 Å². The van der Waals surface area contributed by atoms with Crippen molar-refractivity contribution in [2.75, 3.05) is 6.61 Å². The van der Waals surface area contributed by atoms with E-state index in [9.17, 15) is 4.79 Å². The minimum Gasteiger partial charge on any atom is -0.463 e. The molecule has 1 aromatic rings. The Bertz CT molecular complexity index is 393. The molecule has 18 heavy (non-hydrogen) atoms. The predicted octanol–water partition coefficient (Wildman–Crippen LogP) is 3.68. The molecule has 0 aromatic heterocycles. The molecular weight excluding hydrogens is 224 g/mol. The van der Waals surface area contributed by atoms with Gasteiger partial charge in [0.15, 0.2) is 0 Å². The van der Waals surface area contributed by atoms with Crippen LogP contribution in [0, 0.1) is 0 Å². The summed E-state index contributed by atoms with van der Waals surface area (Å²) in [5, 5.41) is 0. The third-order valence-electron chi connectivity index (χ3n) is 2.63. The number of unbranched alkanes of at least 4 members (excludes halogenated alkanes) is 1. The fraction of sp³-hybridized carbons (Fsp3) is 0.312. The summed E-state index contributed by atoms with van der Waals surface area (Å²) in [6, 6.07) is 10.3. The summed E-state index contributed by atoms with van der Waals surface area (Å²) in [7, 11) is 0. The molecule has 0 amide bonds. The smallest absolute Gasteiger partial charge is 0.330 e. The molecule has 0 fully saturated rings. The first-order valence-corrected chi connectivity index (χ1v) is 6.22. The van der Waals surface area contributed by atoms with Crippen LogP contribution < -0.4 is 0 Å². The lowest BCUT2D eigenvalue weighted by Crippen LogP contribution is -2.01. The van der Waals surface area contributed by atoms with Crippen molar-refractivity contribution in [3.05, 3.63) is 60.7 Å². The number of carbonyl (C=O) groups excluding carboxylic acids is 1. The molecule has 2 nitrogen and oxygen atoms in total. The fourth-order valence-electron chi connectivity index (χ4n) is 1.68. The summed E-state index contributed by atoms with van der Waals surface area (Å²) in [6.45, 7) is 7.88. The van der Waals surface area contributed by atoms with Crippen molar-refractivity contribution in [2.45, 2.75) is 25.7 Å². The predicted molar refractivity (Wildman–Crippen MR) is 74.3 cm³/mol. The van der Waals surface area contributed by atoms with Crippen molar-refractivity contribution in [2.24, 2.45) is 0 Å². The summed E-state index contributed by atoms with van der Waals surface area (Å²) in [5.74, 6) is -0.349. The molecule has 0 saturated heterocycles. The lowest BCUT2D eigenvalue weighted by molar-refractivity contribution is -0.137. The van der Waals surface area contributed by atoms with Crippen LogP contribution >= 0.6 is 0 Å². The maximum atomic E-state index is 10.8. The quantitative estimate of drug-likeness (QED) is 0.302. The van der Waals surface area contributed by atoms with Crippen LogP contribution in [0.4, 0.5) is 0 Å². The average molecular weight is 244 g/mol. The van der Waals surface area contributed by atoms with Gasteiger partial charge in [-0.3, -0.25) is 0 Å². The van der Waals surface area contributed by atoms with Crippen molar-refractivity contribution in [1.29, 1.82) is 0 Å². The third-order valence-corrected chi connectivity index (χ3v) is 2.63. The Morgan fingerprint density at radius 3 is 2.61 bits per heavy atom. The summed E-state index contributed by atoms with van der Waals surface area (Å²) in [6.07, 6.45) is 4.95. The van der Waals surface area contributed by atoms with Crippen LogP contribution in [0.2, 0.25) is 0 Å². The number of allylic oxidation sites excluding steroid dienone is 1. The van der Waals surface area contributed by atoms with Crippen LogP contribution in [-0.4, -0.2) is 12.6 Å². The molecule has 1 rings (SSSR count). The molecule has 0 radical (unpaired) electrons. The molecule has 0 aliphatic carbocycles. The van der Waals surface area contributed by atoms with Crippen LogP contribution in [0.25, 0.3) is 0 Å². The van der Waals surface area contributed by atoms with Gasteiger partial charge in [0.05, 0.1) is 6.61 Å². The summed E-state index contributed by atoms with van der Waals surface area (Å²) >= 11 is 0. The maximum absolute atomic E-state index is 10.8. The number of rotatable bonds is 8. The Labute approximate surface area is 109 Å². The van der Waals surface area contributed by atoms with E-state index in [4.69, 9.17) is 4.74 Å². The van der Waals surface area contributed by atoms with Gasteiger partial charge in [0, 0.05) is 6.08 Å². The van der Waals surface area contributed by atoms with Gasteiger partial charge in [0.2, 0.25) is 0 Å². The van der Waals surface area contributed by atoms with E-state index < -0.39 is 0 Å². The number of benzene rings is 1. The van der Waals surface area contributed by atoms with Crippen molar-refractivity contribution in [3.8, 4) is 0 Å². The molecule has 0 N–H and O–H groups in total. The van der Waals surface area contributed by atoms with Gasteiger partial charge >= 0.3 is 5.97 Å². The maximum Gasteiger partial charge on any atom is 0.330 e. The standard InChI is InChI=1S/C16H20O2/c1-3-16(17)18-12-8-7-9-14(2)13-15-10-5-4-6-11-15/h3-6,10-11H,1-2,7-9,12-13H2. The highest BCUT2D eigenvalue weighted by atomic mass is 16.5. The molecule has 2 heteroatoms. The lowest BCUT2D eigenvalue weighted by atomic mass is 10.0. The number of ether oxygens (including phenoxy) is 1. The largest absolute Gasteiger partial charge is 0.463 e. The van der Waals surface area contributed by atoms with Gasteiger partial charge in [0.25, 0.3) is 0 Å². The molecule has 1 aromatic carbocycles. The Morgan fingerprint density at radius 1 is 1.22 bits per heavy atom. The van der Waals surface area contributed by atoms with E-state index >= 15 is 0 Å². The Balaban J connectivity index is 2.11. The first-order valence-electron chi connectivity index (χ1n) is 6.22. The highest BCUT2D eigenvalue weighted by Gasteiger charge is 1.99. The van der Waals surface area contributed by atoms with E-state index in [2.05, 4.69) is 25.3 Å². The molecule has 0 unspecified atom stereocenters. The zero-order valence-corrected chi connectivity index (χ0v) is 10.7. The zero-order valence-electron chi connectivity index (χ0n) is 10.7. The second kappa shape index (κ2) is 8.29. The summed E-state index contributed by atoms with van der Waals surface area (Å²) in [4.78, 5) is 10.8. The molecule has 0 bridgehead atoms. The normalized spacial score (nSPS) is 9.78. The van der Waals surface area contributed by atoms with Crippen LogP contribution in [0.3, 0.4) is 0 Å². The second-order valence-corrected chi connectivity index (χ2v) is 4.24. The minimum atomic E-state index is -0.349. The molecule has 0 heterocycles. The van der Waals surface area contributed by atoms with E-state index in [1.54, 1.807) is 0 Å². The van der Waals surface area contributed by atoms with Gasteiger partial charge < -0.3 is 4.74 Å². The van der Waals surface area contributed by atoms with E-state index in [0.29, 0.717) is 6.61 Å². The topological polar surface area (TPSA) is 26.3 Å². The Hall–Kier alpha value is -1.83. The van der Waals surface area contributed by atoms with Crippen LogP contribution in [0.15, 0.2) is 55.1 Å². The molecular formula is C16H20O2. The first-order chi connectivity index (χ1) is 8.72. The SMILES string of the molecule is C=CC(=O)OCCCCC(=C)Cc1ccccc1. The number of hydrogen-bond acceptors (Lipinski definition) is 2. The van der Waals surface area contributed by atoms with E-state index in [1.807, 2.05) is 18.2 Å². The Kier molecular flexibility index (Phi) is 6.55. The third kappa shape index (κ3) is 6.04. The van der Waals surface area contributed by atoms with Crippen molar-refractivity contribution < 1.29 is 9.53 Å². The lowest BCUT2D eigenvalue weighted by Gasteiger charge is -2.06. The van der Waals surface area contributed by atoms with E-state index in [-0.39, 0.29) is 5.97 Å². The highest BCUT2D eigenvalue weighted by Crippen LogP contribution is 2.12. The number of esters is 1. The molecule has 0 aliphatic heterocycles. The van der Waals surface area contributed by atoms with E-state index in [1.165, 1.54) is 17.2 Å². The van der Waals surface area contributed by atoms with Crippen molar-refractivity contribution in [3.63, 3.8) is 0 Å². The molecule has 0 spiro atoms. The minimum absolute atomic E-state index is 0.349. The molecule has 0 aliphatic rings. The van der Waals surface area contributed by atoms with Crippen molar-refractivity contribution in [1.82, 2.24) is 0 Å². The van der Waals surface area contributed by atoms with Crippen LogP contribution in [-0.2, 0) is 16.0 Å². The van der Waals surface area contributed by atoms with Gasteiger partial charge in [-0.05, 0) is 31.2 Å². The second-order valence-electron chi connectivity index (χ2n) is 4.24. The molecule has 96 valence electrons. The Morgan fingerprint density at radius 2 is 1.94 bits per heavy atom. The number of carbonyl (C=O) groups is 1. The van der Waals surface area contributed by atoms with Crippen LogP contribution in [0.5, 0.6) is 0 Å². The monoisotopic (exact) mass is 244 g/mol. The first kappa shape index (κ1) is 14.2. The fourth-order valence-corrected chi connectivity index (χ4v) is 1.68. The van der Waals surface area contributed by atoms with Gasteiger partial charge in [-0.1, -0.05) is 49.1 Å². The highest BCUT2D eigenvalue weighted by molar-refractivity contribution is 5.81. The van der Waals surface area contributed by atoms with Crippen molar-refractivity contribution >= 4 is 5.97 Å². The summed E-state index contributed by atoms with van der Waals surface area (Å²) in [5.41, 5.74) is 2.51. The summed E-state index contributed by atoms with van der Waals surface area (Å²) < 4.78 is 4.90. The zero-order chi connectivity index (χ0) is 13.2. The van der Waals surface area contributed by atoms with E-state index in [0.717, 1.165) is 25.7 Å². The van der Waals surface area contributed by atoms with Gasteiger partial charge in [-0.2, -0.15) is 0 Å². The molecule has 0 atom stereocenters. The van der Waals surface area contributed by atoms with Crippen LogP contribution in [0.1, 0.15) is 24.8 Å². The van der Waals surface area contributed by atoms with Gasteiger partial charge in [-0.15, -0.1) is 0 Å².